The molecule has 1 unspecified atom stereocenters. The van der Waals surface area contributed by atoms with E-state index >= 15 is 0 Å². The summed E-state index contributed by atoms with van der Waals surface area (Å²) in [4.78, 5) is 12.7. The van der Waals surface area contributed by atoms with Crippen LogP contribution >= 0.6 is 23.2 Å². The highest BCUT2D eigenvalue weighted by Gasteiger charge is 2.27. The number of hydrogen-bond acceptors (Lipinski definition) is 4. The molecule has 162 valence electrons. The lowest BCUT2D eigenvalue weighted by Gasteiger charge is -2.14. The minimum absolute atomic E-state index is 0.0187. The van der Waals surface area contributed by atoms with Crippen molar-refractivity contribution in [3.63, 3.8) is 0 Å². The van der Waals surface area contributed by atoms with Crippen LogP contribution in [-0.2, 0) is 12.8 Å². The molecule has 1 amide bonds. The lowest BCUT2D eigenvalue weighted by atomic mass is 10.2. The number of carbonyl (C=O) groups excluding carboxylic acids is 1. The maximum atomic E-state index is 13.3. The topological polar surface area (TPSA) is 76.4 Å². The number of carbonyl (C=O) groups is 1. The highest BCUT2D eigenvalue weighted by molar-refractivity contribution is 6.42. The molecule has 0 saturated heterocycles. The van der Waals surface area contributed by atoms with Crippen LogP contribution in [0, 0.1) is 5.82 Å². The molecule has 6 nitrogen and oxygen atoms in total. The molecule has 4 rings (SSSR count). The number of amides is 1. The van der Waals surface area contributed by atoms with Crippen molar-refractivity contribution >= 4 is 29.1 Å². The standard InChI is InChI=1S/C22H20Cl2FN3O3/c23-17-4-2-6-19(20(17)24)31-12-15(29)11-26-22(30)21-16-3-1-5-18(16)28(27-21)14-9-7-13(25)8-10-14/h2,4,6-10,15,29H,1,3,5,11-12H2,(H,26,30). The van der Waals surface area contributed by atoms with Crippen molar-refractivity contribution in [2.45, 2.75) is 25.4 Å². The largest absolute Gasteiger partial charge is 0.489 e. The number of nitrogens with one attached hydrogen (secondary N) is 1. The van der Waals surface area contributed by atoms with E-state index in [2.05, 4.69) is 10.4 Å². The Balaban J connectivity index is 1.40. The van der Waals surface area contributed by atoms with Gasteiger partial charge in [-0.2, -0.15) is 5.10 Å². The van der Waals surface area contributed by atoms with Crippen LogP contribution in [0.2, 0.25) is 10.0 Å². The zero-order valence-corrected chi connectivity index (χ0v) is 18.0. The number of aromatic nitrogens is 2. The molecule has 0 aliphatic heterocycles. The van der Waals surface area contributed by atoms with Gasteiger partial charge in [-0.15, -0.1) is 0 Å². The first kappa shape index (κ1) is 21.6. The minimum atomic E-state index is -0.953. The Bertz CT molecular complexity index is 1100. The Labute approximate surface area is 188 Å². The van der Waals surface area contributed by atoms with Gasteiger partial charge in [-0.1, -0.05) is 29.3 Å². The molecular weight excluding hydrogens is 444 g/mol. The van der Waals surface area contributed by atoms with Gasteiger partial charge in [0.2, 0.25) is 0 Å². The number of rotatable bonds is 7. The number of aliphatic hydroxyl groups is 1. The van der Waals surface area contributed by atoms with Crippen molar-refractivity contribution in [2.75, 3.05) is 13.2 Å². The molecule has 1 atom stereocenters. The Hall–Kier alpha value is -2.61. The normalized spacial score (nSPS) is 13.7. The second-order valence-electron chi connectivity index (χ2n) is 7.24. The van der Waals surface area contributed by atoms with Crippen LogP contribution in [0.15, 0.2) is 42.5 Å². The first-order valence-corrected chi connectivity index (χ1v) is 10.6. The second kappa shape index (κ2) is 9.26. The fraction of sp³-hybridized carbons (Fsp3) is 0.273. The van der Waals surface area contributed by atoms with E-state index in [9.17, 15) is 14.3 Å². The zero-order chi connectivity index (χ0) is 22.0. The van der Waals surface area contributed by atoms with Crippen LogP contribution in [0.25, 0.3) is 5.69 Å². The summed E-state index contributed by atoms with van der Waals surface area (Å²) in [6.07, 6.45) is 1.51. The monoisotopic (exact) mass is 463 g/mol. The molecule has 0 radical (unpaired) electrons. The van der Waals surface area contributed by atoms with E-state index in [4.69, 9.17) is 27.9 Å². The molecule has 1 aliphatic carbocycles. The van der Waals surface area contributed by atoms with Crippen molar-refractivity contribution in [3.05, 3.63) is 75.3 Å². The number of hydrogen-bond donors (Lipinski definition) is 2. The van der Waals surface area contributed by atoms with E-state index in [1.54, 1.807) is 35.0 Å². The summed E-state index contributed by atoms with van der Waals surface area (Å²) in [7, 11) is 0. The van der Waals surface area contributed by atoms with Crippen molar-refractivity contribution < 1.29 is 19.0 Å². The van der Waals surface area contributed by atoms with E-state index < -0.39 is 6.10 Å². The predicted octanol–water partition coefficient (Wildman–Crippen LogP) is 3.98. The lowest BCUT2D eigenvalue weighted by Crippen LogP contribution is -2.35. The predicted molar refractivity (Wildman–Crippen MR) is 116 cm³/mol. The molecule has 0 bridgehead atoms. The number of ether oxygens (including phenoxy) is 1. The Morgan fingerprint density at radius 1 is 1.23 bits per heavy atom. The van der Waals surface area contributed by atoms with E-state index in [1.165, 1.54) is 12.1 Å². The molecule has 2 N–H and O–H groups in total. The van der Waals surface area contributed by atoms with Gasteiger partial charge in [-0.25, -0.2) is 9.07 Å². The van der Waals surface area contributed by atoms with Crippen molar-refractivity contribution in [1.82, 2.24) is 15.1 Å². The number of benzene rings is 2. The first-order valence-electron chi connectivity index (χ1n) is 9.84. The van der Waals surface area contributed by atoms with Gasteiger partial charge in [0.1, 0.15) is 29.3 Å². The highest BCUT2D eigenvalue weighted by Crippen LogP contribution is 2.31. The average Bonchev–Trinajstić information content (AvgIpc) is 3.37. The number of aliphatic hydroxyl groups excluding tert-OH is 1. The van der Waals surface area contributed by atoms with Gasteiger partial charge in [0.05, 0.1) is 10.7 Å². The van der Waals surface area contributed by atoms with Crippen molar-refractivity contribution in [3.8, 4) is 11.4 Å². The molecule has 9 heteroatoms. The highest BCUT2D eigenvalue weighted by atomic mass is 35.5. The Kier molecular flexibility index (Phi) is 6.46. The van der Waals surface area contributed by atoms with Crippen LogP contribution in [-0.4, -0.2) is 40.0 Å². The summed E-state index contributed by atoms with van der Waals surface area (Å²) in [5.74, 6) is -0.352. The quantitative estimate of drug-likeness (QED) is 0.555. The molecule has 1 aromatic heterocycles. The number of nitrogens with zero attached hydrogens (tertiary/aromatic N) is 2. The summed E-state index contributed by atoms with van der Waals surface area (Å²) in [5, 5.41) is 18.0. The fourth-order valence-corrected chi connectivity index (χ4v) is 3.90. The van der Waals surface area contributed by atoms with E-state index in [1.807, 2.05) is 0 Å². The summed E-state index contributed by atoms with van der Waals surface area (Å²) >= 11 is 12.0. The van der Waals surface area contributed by atoms with Gasteiger partial charge in [-0.3, -0.25) is 4.79 Å². The maximum Gasteiger partial charge on any atom is 0.272 e. The molecule has 31 heavy (non-hydrogen) atoms. The average molecular weight is 464 g/mol. The Morgan fingerprint density at radius 2 is 2.00 bits per heavy atom. The smallest absolute Gasteiger partial charge is 0.272 e. The Morgan fingerprint density at radius 3 is 2.77 bits per heavy atom. The van der Waals surface area contributed by atoms with Crippen LogP contribution in [0.4, 0.5) is 4.39 Å². The van der Waals surface area contributed by atoms with Crippen molar-refractivity contribution in [1.29, 1.82) is 0 Å². The summed E-state index contributed by atoms with van der Waals surface area (Å²) in [6.45, 7) is -0.0856. The van der Waals surface area contributed by atoms with Gasteiger partial charge in [0.15, 0.2) is 5.69 Å². The van der Waals surface area contributed by atoms with E-state index in [-0.39, 0.29) is 29.9 Å². The molecule has 1 aliphatic rings. The zero-order valence-electron chi connectivity index (χ0n) is 16.4. The van der Waals surface area contributed by atoms with Crippen LogP contribution < -0.4 is 10.1 Å². The summed E-state index contributed by atoms with van der Waals surface area (Å²) in [5.41, 5.74) is 2.86. The molecule has 0 fully saturated rings. The molecule has 2 aromatic carbocycles. The molecule has 0 spiro atoms. The van der Waals surface area contributed by atoms with E-state index in [0.717, 1.165) is 30.5 Å². The SMILES string of the molecule is O=C(NCC(O)COc1cccc(Cl)c1Cl)c1nn(-c2ccc(F)cc2)c2c1CCC2. The number of halogens is 3. The third-order valence-electron chi connectivity index (χ3n) is 5.06. The fourth-order valence-electron chi connectivity index (χ4n) is 3.55. The van der Waals surface area contributed by atoms with Gasteiger partial charge < -0.3 is 15.2 Å². The molecule has 3 aromatic rings. The lowest BCUT2D eigenvalue weighted by molar-refractivity contribution is 0.0839. The van der Waals surface area contributed by atoms with Gasteiger partial charge in [0, 0.05) is 17.8 Å². The third kappa shape index (κ3) is 4.69. The van der Waals surface area contributed by atoms with Crippen LogP contribution in [0.1, 0.15) is 28.2 Å². The maximum absolute atomic E-state index is 13.3. The molecular formula is C22H20Cl2FN3O3. The van der Waals surface area contributed by atoms with Crippen molar-refractivity contribution in [2.24, 2.45) is 0 Å². The second-order valence-corrected chi connectivity index (χ2v) is 8.03. The first-order chi connectivity index (χ1) is 14.9. The van der Waals surface area contributed by atoms with Gasteiger partial charge >= 0.3 is 0 Å². The summed E-state index contributed by atoms with van der Waals surface area (Å²) < 4.78 is 20.4. The van der Waals surface area contributed by atoms with E-state index in [0.29, 0.717) is 22.2 Å². The van der Waals surface area contributed by atoms with Gasteiger partial charge in [0.25, 0.3) is 5.91 Å². The van der Waals surface area contributed by atoms with Crippen LogP contribution in [0.5, 0.6) is 5.75 Å². The van der Waals surface area contributed by atoms with Crippen LogP contribution in [0.3, 0.4) is 0 Å². The molecule has 0 saturated carbocycles. The molecule has 1 heterocycles. The number of fused-ring (bicyclic) bond motifs is 1. The van der Waals surface area contributed by atoms with Gasteiger partial charge in [-0.05, 0) is 55.7 Å². The minimum Gasteiger partial charge on any atom is -0.489 e. The summed E-state index contributed by atoms with van der Waals surface area (Å²) in [6, 6.07) is 11.0. The third-order valence-corrected chi connectivity index (χ3v) is 5.86.